The molecule has 3 heterocycles. The first kappa shape index (κ1) is 35.1. The molecule has 1 aliphatic heterocycles. The van der Waals surface area contributed by atoms with Crippen molar-refractivity contribution in [3.63, 3.8) is 0 Å². The van der Waals surface area contributed by atoms with Gasteiger partial charge in [-0.25, -0.2) is 9.97 Å². The van der Waals surface area contributed by atoms with Crippen molar-refractivity contribution in [2.45, 2.75) is 5.41 Å². The predicted molar refractivity (Wildman–Crippen MR) is 258 cm³/mol. The molecule has 1 spiro atoms. The van der Waals surface area contributed by atoms with Crippen LogP contribution in [0.5, 0.6) is 11.5 Å². The largest absolute Gasteiger partial charge is 0.453 e. The Balaban J connectivity index is 1.03. The van der Waals surface area contributed by atoms with Crippen LogP contribution in [-0.2, 0) is 5.41 Å². The van der Waals surface area contributed by atoms with E-state index in [0.717, 1.165) is 72.9 Å². The molecule has 0 amide bonds. The lowest BCUT2D eigenvalue weighted by Gasteiger charge is -2.32. The van der Waals surface area contributed by atoms with E-state index in [1.165, 1.54) is 44.5 Å². The van der Waals surface area contributed by atoms with Crippen molar-refractivity contribution >= 4 is 39.1 Å². The van der Waals surface area contributed by atoms with Crippen LogP contribution in [0.2, 0.25) is 0 Å². The highest BCUT2D eigenvalue weighted by Crippen LogP contribution is 2.63. The maximum absolute atomic E-state index is 6.80. The third-order valence-electron chi connectivity index (χ3n) is 13.6. The molecule has 3 aliphatic rings. The molecule has 0 N–H and O–H groups in total. The van der Waals surface area contributed by atoms with Gasteiger partial charge >= 0.3 is 0 Å². The molecular formula is C59H36N4O. The summed E-state index contributed by atoms with van der Waals surface area (Å²) in [5, 5.41) is 2.19. The van der Waals surface area contributed by atoms with Gasteiger partial charge in [-0.3, -0.25) is 4.90 Å². The molecule has 0 radical (unpaired) electrons. The van der Waals surface area contributed by atoms with Crippen molar-refractivity contribution < 1.29 is 4.74 Å². The Morgan fingerprint density at radius 1 is 0.406 bits per heavy atom. The van der Waals surface area contributed by atoms with E-state index in [0.29, 0.717) is 5.95 Å². The predicted octanol–water partition coefficient (Wildman–Crippen LogP) is 14.8. The number of para-hydroxylation sites is 4. The zero-order chi connectivity index (χ0) is 41.9. The molecule has 14 rings (SSSR count). The summed E-state index contributed by atoms with van der Waals surface area (Å²) in [5.74, 6) is 2.05. The third kappa shape index (κ3) is 4.72. The molecule has 0 bridgehead atoms. The summed E-state index contributed by atoms with van der Waals surface area (Å²) < 4.78 is 9.14. The minimum atomic E-state index is -0.421. The molecule has 298 valence electrons. The van der Waals surface area contributed by atoms with Gasteiger partial charge < -0.3 is 9.30 Å². The molecule has 5 heteroatoms. The molecule has 2 aliphatic carbocycles. The van der Waals surface area contributed by atoms with Gasteiger partial charge in [0.25, 0.3) is 0 Å². The monoisotopic (exact) mass is 816 g/mol. The fourth-order valence-corrected chi connectivity index (χ4v) is 11.1. The second-order valence-electron chi connectivity index (χ2n) is 16.9. The van der Waals surface area contributed by atoms with Gasteiger partial charge in [0, 0.05) is 27.6 Å². The van der Waals surface area contributed by atoms with Gasteiger partial charge in [0.2, 0.25) is 5.95 Å². The lowest BCUT2D eigenvalue weighted by Crippen LogP contribution is -2.25. The van der Waals surface area contributed by atoms with Crippen molar-refractivity contribution in [2.24, 2.45) is 0 Å². The van der Waals surface area contributed by atoms with Crippen LogP contribution in [0.4, 0.5) is 17.3 Å². The van der Waals surface area contributed by atoms with Crippen LogP contribution in [-0.4, -0.2) is 14.5 Å². The fourth-order valence-electron chi connectivity index (χ4n) is 11.1. The Labute approximate surface area is 369 Å². The number of ether oxygens (including phenoxy) is 1. The van der Waals surface area contributed by atoms with Gasteiger partial charge in [-0.05, 0) is 99.1 Å². The summed E-state index contributed by atoms with van der Waals surface area (Å²) in [6.07, 6.45) is 0. The summed E-state index contributed by atoms with van der Waals surface area (Å²) in [4.78, 5) is 13.3. The smallest absolute Gasteiger partial charge is 0.236 e. The van der Waals surface area contributed by atoms with E-state index in [2.05, 4.69) is 210 Å². The van der Waals surface area contributed by atoms with E-state index < -0.39 is 5.41 Å². The average molecular weight is 817 g/mol. The number of hydrogen-bond acceptors (Lipinski definition) is 4. The molecule has 64 heavy (non-hydrogen) atoms. The van der Waals surface area contributed by atoms with E-state index in [4.69, 9.17) is 14.7 Å². The summed E-state index contributed by atoms with van der Waals surface area (Å²) in [5.41, 5.74) is 18.7. The maximum atomic E-state index is 6.80. The van der Waals surface area contributed by atoms with Gasteiger partial charge in [-0.1, -0.05) is 164 Å². The Morgan fingerprint density at radius 2 is 0.984 bits per heavy atom. The first-order chi connectivity index (χ1) is 31.8. The lowest BCUT2D eigenvalue weighted by atomic mass is 9.70. The molecule has 5 nitrogen and oxygen atoms in total. The number of benzene rings is 9. The molecule has 0 atom stereocenters. The summed E-state index contributed by atoms with van der Waals surface area (Å²) in [7, 11) is 0. The normalized spacial score (nSPS) is 13.5. The van der Waals surface area contributed by atoms with E-state index >= 15 is 0 Å². The molecular weight excluding hydrogens is 781 g/mol. The molecule has 2 aromatic heterocycles. The average Bonchev–Trinajstić information content (AvgIpc) is 3.98. The minimum absolute atomic E-state index is 0.421. The van der Waals surface area contributed by atoms with E-state index in [1.54, 1.807) is 0 Å². The number of anilines is 3. The van der Waals surface area contributed by atoms with Gasteiger partial charge in [-0.2, -0.15) is 0 Å². The minimum Gasteiger partial charge on any atom is -0.453 e. The molecule has 11 aromatic rings. The van der Waals surface area contributed by atoms with Gasteiger partial charge in [-0.15, -0.1) is 0 Å². The SMILES string of the molecule is c1ccc(-c2cc(-c3ccc4c(c3)-c3ccccc3C43c4ccccc4-c4ccccc43)nc(N3c4ccccc4Oc4ccc5c(c43)c3ccccc3n5-c3ccccc3)n2)cc1. The highest BCUT2D eigenvalue weighted by Gasteiger charge is 2.51. The first-order valence-electron chi connectivity index (χ1n) is 21.8. The summed E-state index contributed by atoms with van der Waals surface area (Å²) in [6.45, 7) is 0. The highest BCUT2D eigenvalue weighted by atomic mass is 16.5. The second-order valence-corrected chi connectivity index (χ2v) is 16.9. The van der Waals surface area contributed by atoms with Crippen LogP contribution in [0, 0.1) is 0 Å². The lowest BCUT2D eigenvalue weighted by molar-refractivity contribution is 0.477. The van der Waals surface area contributed by atoms with Crippen molar-refractivity contribution in [3.8, 4) is 62.0 Å². The van der Waals surface area contributed by atoms with Crippen LogP contribution in [0.15, 0.2) is 218 Å². The Morgan fingerprint density at radius 3 is 1.72 bits per heavy atom. The van der Waals surface area contributed by atoms with Gasteiger partial charge in [0.15, 0.2) is 11.5 Å². The van der Waals surface area contributed by atoms with Crippen molar-refractivity contribution in [2.75, 3.05) is 4.90 Å². The van der Waals surface area contributed by atoms with Gasteiger partial charge in [0.05, 0.1) is 33.5 Å². The standard InChI is InChI=1S/C59H36N4O/c1-3-17-37(18-4-1)49-36-50(38-31-32-48-44(35-38)42-23-9-13-27-47(42)59(48)45-25-11-7-21-40(45)41-22-8-12-26-46(41)59)61-58(60-49)63-52-29-15-16-30-54(52)64-55-34-33-53-56(57(55)63)43-24-10-14-28-51(43)62(53)39-19-5-2-6-20-39/h1-36H. The van der Waals surface area contributed by atoms with Crippen molar-refractivity contribution in [1.82, 2.24) is 14.5 Å². The molecule has 0 unspecified atom stereocenters. The number of nitrogens with zero attached hydrogens (tertiary/aromatic N) is 4. The van der Waals surface area contributed by atoms with Crippen molar-refractivity contribution in [1.29, 1.82) is 0 Å². The van der Waals surface area contributed by atoms with E-state index in [-0.39, 0.29) is 0 Å². The summed E-state index contributed by atoms with van der Waals surface area (Å²) >= 11 is 0. The Bertz CT molecular complexity index is 3680. The fraction of sp³-hybridized carbons (Fsp3) is 0.0169. The summed E-state index contributed by atoms with van der Waals surface area (Å²) in [6, 6.07) is 78.1. The van der Waals surface area contributed by atoms with Crippen LogP contribution in [0.25, 0.3) is 72.3 Å². The van der Waals surface area contributed by atoms with Crippen LogP contribution >= 0.6 is 0 Å². The van der Waals surface area contributed by atoms with Crippen LogP contribution < -0.4 is 9.64 Å². The number of fused-ring (bicyclic) bond motifs is 16. The Hall–Kier alpha value is -8.54. The second kappa shape index (κ2) is 13.2. The molecule has 0 saturated carbocycles. The van der Waals surface area contributed by atoms with Crippen molar-refractivity contribution in [3.05, 3.63) is 241 Å². The van der Waals surface area contributed by atoms with Crippen LogP contribution in [0.3, 0.4) is 0 Å². The quantitative estimate of drug-likeness (QED) is 0.177. The van der Waals surface area contributed by atoms with Crippen LogP contribution in [0.1, 0.15) is 22.3 Å². The van der Waals surface area contributed by atoms with E-state index in [9.17, 15) is 0 Å². The highest BCUT2D eigenvalue weighted by molar-refractivity contribution is 6.18. The molecule has 9 aromatic carbocycles. The number of hydrogen-bond donors (Lipinski definition) is 0. The molecule has 0 fully saturated rings. The zero-order valence-electron chi connectivity index (χ0n) is 34.5. The molecule has 0 saturated heterocycles. The number of rotatable bonds is 4. The zero-order valence-corrected chi connectivity index (χ0v) is 34.5. The topological polar surface area (TPSA) is 43.2 Å². The maximum Gasteiger partial charge on any atom is 0.236 e. The third-order valence-corrected chi connectivity index (χ3v) is 13.6. The Kier molecular flexibility index (Phi) is 7.26. The number of aromatic nitrogens is 3. The van der Waals surface area contributed by atoms with E-state index in [1.807, 2.05) is 18.2 Å². The van der Waals surface area contributed by atoms with Gasteiger partial charge in [0.1, 0.15) is 5.69 Å². The first-order valence-corrected chi connectivity index (χ1v) is 21.8.